The molecule has 0 spiro atoms. The highest BCUT2D eigenvalue weighted by molar-refractivity contribution is 7.92. The van der Waals surface area contributed by atoms with E-state index in [0.717, 1.165) is 0 Å². The summed E-state index contributed by atoms with van der Waals surface area (Å²) in [5, 5.41) is 2.70. The molecule has 0 radical (unpaired) electrons. The van der Waals surface area contributed by atoms with Crippen molar-refractivity contribution in [2.45, 2.75) is 13.8 Å². The zero-order valence-electron chi connectivity index (χ0n) is 12.3. The Bertz CT molecular complexity index is 601. The summed E-state index contributed by atoms with van der Waals surface area (Å²) in [6.45, 7) is 3.51. The van der Waals surface area contributed by atoms with Crippen molar-refractivity contribution in [1.29, 1.82) is 0 Å². The Morgan fingerprint density at radius 1 is 1.43 bits per heavy atom. The maximum absolute atomic E-state index is 11.8. The first-order valence-electron chi connectivity index (χ1n) is 6.52. The molecule has 0 bridgehead atoms. The fourth-order valence-electron chi connectivity index (χ4n) is 1.47. The van der Waals surface area contributed by atoms with Gasteiger partial charge in [0.25, 0.3) is 0 Å². The number of ether oxygens (including phenoxy) is 1. The second-order valence-corrected chi connectivity index (χ2v) is 6.56. The van der Waals surface area contributed by atoms with Gasteiger partial charge in [0, 0.05) is 24.2 Å². The third-order valence-corrected chi connectivity index (χ3v) is 4.21. The van der Waals surface area contributed by atoms with Crippen LogP contribution in [0.5, 0.6) is 5.75 Å². The number of sulfonamides is 1. The standard InChI is InChI=1S/C13H21N3O4S/c1-4-21(18,19)16-11-6-5-10(7-12(11)20-3)15-13(17)9(2)8-14/h5-7,9,16H,4,8,14H2,1-3H3,(H,15,17). The summed E-state index contributed by atoms with van der Waals surface area (Å²) in [6, 6.07) is 4.68. The molecule has 4 N–H and O–H groups in total. The Hall–Kier alpha value is -1.80. The molecule has 0 fully saturated rings. The number of rotatable bonds is 7. The Balaban J connectivity index is 2.96. The van der Waals surface area contributed by atoms with Gasteiger partial charge in [0.05, 0.1) is 18.6 Å². The molecule has 0 aliphatic carbocycles. The van der Waals surface area contributed by atoms with Gasteiger partial charge in [-0.1, -0.05) is 6.92 Å². The van der Waals surface area contributed by atoms with Crippen molar-refractivity contribution in [1.82, 2.24) is 0 Å². The number of amides is 1. The maximum Gasteiger partial charge on any atom is 0.232 e. The quantitative estimate of drug-likeness (QED) is 0.695. The summed E-state index contributed by atoms with van der Waals surface area (Å²) in [4.78, 5) is 11.8. The zero-order chi connectivity index (χ0) is 16.0. The van der Waals surface area contributed by atoms with E-state index in [9.17, 15) is 13.2 Å². The molecule has 1 unspecified atom stereocenters. The Labute approximate surface area is 124 Å². The average Bonchev–Trinajstić information content (AvgIpc) is 2.47. The van der Waals surface area contributed by atoms with E-state index in [4.69, 9.17) is 10.5 Å². The molecule has 0 heterocycles. The third kappa shape index (κ3) is 4.91. The van der Waals surface area contributed by atoms with Gasteiger partial charge < -0.3 is 15.8 Å². The van der Waals surface area contributed by atoms with Crippen molar-refractivity contribution in [2.24, 2.45) is 11.7 Å². The van der Waals surface area contributed by atoms with Gasteiger partial charge in [0.15, 0.2) is 0 Å². The fraction of sp³-hybridized carbons (Fsp3) is 0.462. The van der Waals surface area contributed by atoms with E-state index in [0.29, 0.717) is 17.1 Å². The summed E-state index contributed by atoms with van der Waals surface area (Å²) < 4.78 is 30.7. The van der Waals surface area contributed by atoms with Crippen LogP contribution in [0.1, 0.15) is 13.8 Å². The van der Waals surface area contributed by atoms with Crippen LogP contribution in [-0.4, -0.2) is 33.7 Å². The molecule has 118 valence electrons. The average molecular weight is 315 g/mol. The molecule has 0 aliphatic rings. The lowest BCUT2D eigenvalue weighted by molar-refractivity contribution is -0.119. The molecule has 21 heavy (non-hydrogen) atoms. The van der Waals surface area contributed by atoms with Crippen LogP contribution in [0.15, 0.2) is 18.2 Å². The minimum atomic E-state index is -3.39. The highest BCUT2D eigenvalue weighted by atomic mass is 32.2. The summed E-state index contributed by atoms with van der Waals surface area (Å²) in [5.74, 6) is -0.233. The molecular formula is C13H21N3O4S. The second kappa shape index (κ2) is 7.28. The molecule has 1 aromatic carbocycles. The predicted molar refractivity (Wildman–Crippen MR) is 82.9 cm³/mol. The topological polar surface area (TPSA) is 111 Å². The first kappa shape index (κ1) is 17.3. The first-order valence-corrected chi connectivity index (χ1v) is 8.17. The highest BCUT2D eigenvalue weighted by Crippen LogP contribution is 2.29. The number of nitrogens with two attached hydrogens (primary N) is 1. The van der Waals surface area contributed by atoms with Crippen molar-refractivity contribution in [2.75, 3.05) is 29.4 Å². The van der Waals surface area contributed by atoms with Gasteiger partial charge >= 0.3 is 0 Å². The van der Waals surface area contributed by atoms with E-state index in [1.807, 2.05) is 0 Å². The maximum atomic E-state index is 11.8. The van der Waals surface area contributed by atoms with Crippen LogP contribution in [0.25, 0.3) is 0 Å². The van der Waals surface area contributed by atoms with E-state index in [1.54, 1.807) is 19.1 Å². The molecular weight excluding hydrogens is 294 g/mol. The molecule has 7 nitrogen and oxygen atoms in total. The van der Waals surface area contributed by atoms with Crippen molar-refractivity contribution < 1.29 is 17.9 Å². The minimum absolute atomic E-state index is 0.0390. The molecule has 1 rings (SSSR count). The number of methoxy groups -OCH3 is 1. The SMILES string of the molecule is CCS(=O)(=O)Nc1ccc(NC(=O)C(C)CN)cc1OC. The van der Waals surface area contributed by atoms with Crippen LogP contribution in [0, 0.1) is 5.92 Å². The summed E-state index contributed by atoms with van der Waals surface area (Å²) in [5.41, 5.74) is 6.26. The number of hydrogen-bond acceptors (Lipinski definition) is 5. The minimum Gasteiger partial charge on any atom is -0.494 e. The van der Waals surface area contributed by atoms with Crippen molar-refractivity contribution in [3.8, 4) is 5.75 Å². The lowest BCUT2D eigenvalue weighted by Gasteiger charge is -2.14. The molecule has 8 heteroatoms. The van der Waals surface area contributed by atoms with E-state index >= 15 is 0 Å². The molecule has 1 atom stereocenters. The van der Waals surface area contributed by atoms with Crippen LogP contribution < -0.4 is 20.5 Å². The van der Waals surface area contributed by atoms with Crippen molar-refractivity contribution in [3.63, 3.8) is 0 Å². The van der Waals surface area contributed by atoms with Gasteiger partial charge in [0.1, 0.15) is 5.75 Å². The van der Waals surface area contributed by atoms with Crippen LogP contribution in [-0.2, 0) is 14.8 Å². The summed E-state index contributed by atoms with van der Waals surface area (Å²) >= 11 is 0. The van der Waals surface area contributed by atoms with E-state index in [1.165, 1.54) is 20.1 Å². The van der Waals surface area contributed by atoms with Gasteiger partial charge in [-0.15, -0.1) is 0 Å². The monoisotopic (exact) mass is 315 g/mol. The van der Waals surface area contributed by atoms with E-state index in [2.05, 4.69) is 10.0 Å². The summed E-state index contributed by atoms with van der Waals surface area (Å²) in [6.07, 6.45) is 0. The largest absolute Gasteiger partial charge is 0.494 e. The van der Waals surface area contributed by atoms with Gasteiger partial charge in [-0.25, -0.2) is 8.42 Å². The van der Waals surface area contributed by atoms with E-state index in [-0.39, 0.29) is 24.1 Å². The fourth-order valence-corrected chi connectivity index (χ4v) is 2.11. The number of nitrogens with one attached hydrogen (secondary N) is 2. The number of hydrogen-bond donors (Lipinski definition) is 3. The Morgan fingerprint density at radius 2 is 2.10 bits per heavy atom. The Kier molecular flexibility index (Phi) is 5.98. The normalized spacial score (nSPS) is 12.6. The smallest absolute Gasteiger partial charge is 0.232 e. The Morgan fingerprint density at radius 3 is 2.62 bits per heavy atom. The van der Waals surface area contributed by atoms with Gasteiger partial charge in [-0.2, -0.15) is 0 Å². The number of benzene rings is 1. The van der Waals surface area contributed by atoms with Crippen molar-refractivity contribution >= 4 is 27.3 Å². The lowest BCUT2D eigenvalue weighted by atomic mass is 10.1. The van der Waals surface area contributed by atoms with Gasteiger partial charge in [0.2, 0.25) is 15.9 Å². The molecule has 0 aromatic heterocycles. The molecule has 0 aliphatic heterocycles. The number of carbonyl (C=O) groups is 1. The second-order valence-electron chi connectivity index (χ2n) is 4.55. The van der Waals surface area contributed by atoms with Gasteiger partial charge in [-0.05, 0) is 19.1 Å². The molecule has 0 saturated heterocycles. The van der Waals surface area contributed by atoms with Crippen molar-refractivity contribution in [3.05, 3.63) is 18.2 Å². The van der Waals surface area contributed by atoms with Crippen LogP contribution in [0.4, 0.5) is 11.4 Å². The lowest BCUT2D eigenvalue weighted by Crippen LogP contribution is -2.26. The zero-order valence-corrected chi connectivity index (χ0v) is 13.2. The molecule has 1 amide bonds. The number of carbonyl (C=O) groups excluding carboxylic acids is 1. The predicted octanol–water partition coefficient (Wildman–Crippen LogP) is 0.990. The van der Waals surface area contributed by atoms with Crippen LogP contribution >= 0.6 is 0 Å². The number of anilines is 2. The van der Waals surface area contributed by atoms with Crippen LogP contribution in [0.2, 0.25) is 0 Å². The molecule has 1 aromatic rings. The van der Waals surface area contributed by atoms with Crippen LogP contribution in [0.3, 0.4) is 0 Å². The van der Waals surface area contributed by atoms with Gasteiger partial charge in [-0.3, -0.25) is 9.52 Å². The summed E-state index contributed by atoms with van der Waals surface area (Å²) in [7, 11) is -1.97. The third-order valence-electron chi connectivity index (χ3n) is 2.92. The first-order chi connectivity index (χ1) is 9.82. The van der Waals surface area contributed by atoms with E-state index < -0.39 is 10.0 Å². The highest BCUT2D eigenvalue weighted by Gasteiger charge is 2.14. The molecule has 0 saturated carbocycles.